The van der Waals surface area contributed by atoms with Gasteiger partial charge in [0.2, 0.25) is 6.79 Å². The van der Waals surface area contributed by atoms with Crippen molar-refractivity contribution in [1.29, 1.82) is 0 Å². The molecule has 0 bridgehead atoms. The number of H-pyrrole nitrogens is 1. The van der Waals surface area contributed by atoms with Gasteiger partial charge in [0.1, 0.15) is 18.1 Å². The Morgan fingerprint density at radius 1 is 1.06 bits per heavy atom. The number of tetrazole rings is 1. The minimum absolute atomic E-state index is 0.171. The van der Waals surface area contributed by atoms with Crippen LogP contribution < -0.4 is 15.0 Å². The van der Waals surface area contributed by atoms with Crippen LogP contribution in [0, 0.1) is 0 Å². The zero-order valence-corrected chi connectivity index (χ0v) is 19.6. The molecule has 1 aliphatic rings. The predicted molar refractivity (Wildman–Crippen MR) is 127 cm³/mol. The van der Waals surface area contributed by atoms with E-state index >= 15 is 0 Å². The topological polar surface area (TPSA) is 124 Å². The number of hydrogen-bond donors (Lipinski definition) is 1. The van der Waals surface area contributed by atoms with E-state index in [0.29, 0.717) is 54.5 Å². The molecule has 0 unspecified atom stereocenters. The minimum atomic E-state index is -0.188. The Balaban J connectivity index is 1.36. The molecule has 1 atom stereocenters. The SMILES string of the molecule is CC[C@@H](c1nnnn1Cc1ccco1)N(Cc1ccco1)Cc1cc2cc3c(cc2[nH]c1=O)OCO3. The van der Waals surface area contributed by atoms with E-state index in [1.807, 2.05) is 36.4 Å². The van der Waals surface area contributed by atoms with Crippen molar-refractivity contribution in [1.82, 2.24) is 30.1 Å². The Kier molecular flexibility index (Phi) is 5.74. The quantitative estimate of drug-likeness (QED) is 0.331. The Labute approximate surface area is 205 Å². The fraction of sp³-hybridized carbons (Fsp3) is 0.280. The summed E-state index contributed by atoms with van der Waals surface area (Å²) in [5.41, 5.74) is 1.13. The van der Waals surface area contributed by atoms with Crippen LogP contribution in [0.4, 0.5) is 0 Å². The average Bonchev–Trinajstić information content (AvgIpc) is 3.68. The Bertz CT molecular complexity index is 1520. The molecule has 1 aromatic carbocycles. The normalized spacial score (nSPS) is 13.6. The molecule has 36 heavy (non-hydrogen) atoms. The molecule has 11 heteroatoms. The highest BCUT2D eigenvalue weighted by Gasteiger charge is 2.27. The van der Waals surface area contributed by atoms with Crippen LogP contribution in [0.3, 0.4) is 0 Å². The van der Waals surface area contributed by atoms with Gasteiger partial charge >= 0.3 is 0 Å². The molecule has 1 N–H and O–H groups in total. The highest BCUT2D eigenvalue weighted by atomic mass is 16.7. The van der Waals surface area contributed by atoms with Crippen LogP contribution in [0.15, 0.2) is 68.6 Å². The first-order chi connectivity index (χ1) is 17.7. The third kappa shape index (κ3) is 4.24. The molecule has 0 radical (unpaired) electrons. The number of rotatable bonds is 9. The lowest BCUT2D eigenvalue weighted by atomic mass is 10.1. The van der Waals surface area contributed by atoms with E-state index in [0.717, 1.165) is 16.9 Å². The molecule has 4 aromatic heterocycles. The molecule has 0 saturated carbocycles. The summed E-state index contributed by atoms with van der Waals surface area (Å²) in [5.74, 6) is 3.50. The zero-order chi connectivity index (χ0) is 24.5. The molecular weight excluding hydrogens is 464 g/mol. The highest BCUT2D eigenvalue weighted by Crippen LogP contribution is 2.35. The van der Waals surface area contributed by atoms with Crippen LogP contribution in [0.2, 0.25) is 0 Å². The summed E-state index contributed by atoms with van der Waals surface area (Å²) in [4.78, 5) is 18.2. The number of aromatic nitrogens is 5. The number of furan rings is 2. The third-order valence-electron chi connectivity index (χ3n) is 6.30. The number of benzene rings is 1. The predicted octanol–water partition coefficient (Wildman–Crippen LogP) is 3.63. The third-order valence-corrected chi connectivity index (χ3v) is 6.30. The summed E-state index contributed by atoms with van der Waals surface area (Å²) in [6, 6.07) is 12.9. The number of fused-ring (bicyclic) bond motifs is 2. The maximum Gasteiger partial charge on any atom is 0.252 e. The second-order valence-corrected chi connectivity index (χ2v) is 8.60. The molecule has 6 rings (SSSR count). The van der Waals surface area contributed by atoms with Gasteiger partial charge in [-0.25, -0.2) is 4.68 Å². The van der Waals surface area contributed by atoms with Gasteiger partial charge in [0.05, 0.1) is 30.6 Å². The van der Waals surface area contributed by atoms with Crippen molar-refractivity contribution in [2.75, 3.05) is 6.79 Å². The van der Waals surface area contributed by atoms with Crippen LogP contribution >= 0.6 is 0 Å². The summed E-state index contributed by atoms with van der Waals surface area (Å²) in [6.45, 7) is 3.47. The molecule has 1 aliphatic heterocycles. The lowest BCUT2D eigenvalue weighted by Crippen LogP contribution is -2.32. The molecule has 5 heterocycles. The van der Waals surface area contributed by atoms with E-state index in [9.17, 15) is 4.79 Å². The fourth-order valence-electron chi connectivity index (χ4n) is 4.57. The molecular formula is C25H24N6O5. The van der Waals surface area contributed by atoms with Crippen molar-refractivity contribution in [2.24, 2.45) is 0 Å². The molecule has 184 valence electrons. The van der Waals surface area contributed by atoms with Crippen molar-refractivity contribution in [2.45, 2.75) is 39.0 Å². The summed E-state index contributed by atoms with van der Waals surface area (Å²) in [6.07, 6.45) is 3.97. The van der Waals surface area contributed by atoms with E-state index in [4.69, 9.17) is 18.3 Å². The van der Waals surface area contributed by atoms with Crippen LogP contribution in [-0.4, -0.2) is 36.9 Å². The fourth-order valence-corrected chi connectivity index (χ4v) is 4.57. The molecule has 0 fully saturated rings. The lowest BCUT2D eigenvalue weighted by Gasteiger charge is -2.29. The number of nitrogens with zero attached hydrogens (tertiary/aromatic N) is 5. The monoisotopic (exact) mass is 488 g/mol. The van der Waals surface area contributed by atoms with Gasteiger partial charge in [0.15, 0.2) is 17.3 Å². The van der Waals surface area contributed by atoms with Crippen molar-refractivity contribution in [3.63, 3.8) is 0 Å². The zero-order valence-electron chi connectivity index (χ0n) is 19.6. The second kappa shape index (κ2) is 9.34. The van der Waals surface area contributed by atoms with E-state index in [1.54, 1.807) is 23.3 Å². The Hall–Kier alpha value is -4.38. The summed E-state index contributed by atoms with van der Waals surface area (Å²) < 4.78 is 23.8. The largest absolute Gasteiger partial charge is 0.468 e. The minimum Gasteiger partial charge on any atom is -0.468 e. The molecule has 5 aromatic rings. The van der Waals surface area contributed by atoms with Crippen molar-refractivity contribution < 1.29 is 18.3 Å². The van der Waals surface area contributed by atoms with Gasteiger partial charge in [-0.05, 0) is 53.2 Å². The number of pyridine rings is 1. The summed E-state index contributed by atoms with van der Waals surface area (Å²) in [5, 5.41) is 13.3. The molecule has 0 spiro atoms. The van der Waals surface area contributed by atoms with Gasteiger partial charge in [-0.1, -0.05) is 6.92 Å². The van der Waals surface area contributed by atoms with Crippen LogP contribution in [-0.2, 0) is 19.6 Å². The van der Waals surface area contributed by atoms with Crippen LogP contribution in [0.1, 0.15) is 42.3 Å². The van der Waals surface area contributed by atoms with E-state index < -0.39 is 0 Å². The van der Waals surface area contributed by atoms with Gasteiger partial charge in [-0.2, -0.15) is 0 Å². The number of hydrogen-bond acceptors (Lipinski definition) is 9. The first kappa shape index (κ1) is 22.1. The van der Waals surface area contributed by atoms with Crippen molar-refractivity contribution >= 4 is 10.9 Å². The smallest absolute Gasteiger partial charge is 0.252 e. The summed E-state index contributed by atoms with van der Waals surface area (Å²) >= 11 is 0. The van der Waals surface area contributed by atoms with E-state index in [-0.39, 0.29) is 18.4 Å². The number of ether oxygens (including phenoxy) is 2. The Morgan fingerprint density at radius 2 is 1.83 bits per heavy atom. The lowest BCUT2D eigenvalue weighted by molar-refractivity contribution is 0.149. The standard InChI is InChI=1S/C25H24N6O5/c1-2-21(24-27-28-29-31(24)14-19-6-4-8-34-19)30(13-18-5-3-7-33-18)12-17-9-16-10-22-23(36-15-35-22)11-20(16)26-25(17)32/h3-11,21H,2,12-15H2,1H3,(H,26,32)/t21-/m0/s1. The van der Waals surface area contributed by atoms with E-state index in [1.165, 1.54) is 0 Å². The van der Waals surface area contributed by atoms with Gasteiger partial charge in [-0.3, -0.25) is 9.69 Å². The first-order valence-corrected chi connectivity index (χ1v) is 11.7. The first-order valence-electron chi connectivity index (χ1n) is 11.7. The number of aromatic amines is 1. The molecule has 0 amide bonds. The van der Waals surface area contributed by atoms with Gasteiger partial charge in [0, 0.05) is 23.6 Å². The average molecular weight is 489 g/mol. The second-order valence-electron chi connectivity index (χ2n) is 8.60. The van der Waals surface area contributed by atoms with Gasteiger partial charge < -0.3 is 23.3 Å². The van der Waals surface area contributed by atoms with Crippen LogP contribution in [0.25, 0.3) is 10.9 Å². The van der Waals surface area contributed by atoms with Crippen molar-refractivity contribution in [3.8, 4) is 11.5 Å². The maximum absolute atomic E-state index is 13.1. The van der Waals surface area contributed by atoms with Crippen molar-refractivity contribution in [3.05, 3.63) is 88.3 Å². The van der Waals surface area contributed by atoms with E-state index in [2.05, 4.69) is 32.3 Å². The Morgan fingerprint density at radius 3 is 2.58 bits per heavy atom. The number of nitrogens with one attached hydrogen (secondary N) is 1. The highest BCUT2D eigenvalue weighted by molar-refractivity contribution is 5.83. The van der Waals surface area contributed by atoms with Gasteiger partial charge in [-0.15, -0.1) is 5.10 Å². The molecule has 0 aliphatic carbocycles. The molecule has 0 saturated heterocycles. The van der Waals surface area contributed by atoms with Crippen LogP contribution in [0.5, 0.6) is 11.5 Å². The molecule has 11 nitrogen and oxygen atoms in total. The van der Waals surface area contributed by atoms with Gasteiger partial charge in [0.25, 0.3) is 5.56 Å². The summed E-state index contributed by atoms with van der Waals surface area (Å²) in [7, 11) is 0. The maximum atomic E-state index is 13.1.